The number of hydrogen-bond acceptors (Lipinski definition) is 2. The standard InChI is InChI=1S/C17H30N2/c1-11(2)17(10-18)19-8-7-16-14(5)12(3)9-13(4)15(16)6/h9,11,17,19H,7-8,10,18H2,1-6H3. The Kier molecular flexibility index (Phi) is 6.02. The first kappa shape index (κ1) is 16.2. The maximum Gasteiger partial charge on any atom is 0.0213 e. The topological polar surface area (TPSA) is 38.0 Å². The summed E-state index contributed by atoms with van der Waals surface area (Å²) in [6.45, 7) is 15.0. The minimum absolute atomic E-state index is 0.423. The Hall–Kier alpha value is -0.860. The van der Waals surface area contributed by atoms with Gasteiger partial charge in [-0.2, -0.15) is 0 Å². The van der Waals surface area contributed by atoms with Gasteiger partial charge in [0.15, 0.2) is 0 Å². The summed E-state index contributed by atoms with van der Waals surface area (Å²) in [5, 5.41) is 3.59. The molecule has 0 heterocycles. The Balaban J connectivity index is 2.73. The van der Waals surface area contributed by atoms with Gasteiger partial charge >= 0.3 is 0 Å². The molecule has 1 aromatic carbocycles. The van der Waals surface area contributed by atoms with Crippen molar-refractivity contribution < 1.29 is 0 Å². The number of nitrogens with one attached hydrogen (secondary N) is 1. The van der Waals surface area contributed by atoms with Crippen molar-refractivity contribution in [2.75, 3.05) is 13.1 Å². The zero-order chi connectivity index (χ0) is 14.6. The molecule has 0 aromatic heterocycles. The third-order valence-corrected chi connectivity index (χ3v) is 4.36. The maximum atomic E-state index is 5.80. The fourth-order valence-electron chi connectivity index (χ4n) is 2.65. The van der Waals surface area contributed by atoms with Crippen LogP contribution < -0.4 is 11.1 Å². The summed E-state index contributed by atoms with van der Waals surface area (Å²) in [7, 11) is 0. The van der Waals surface area contributed by atoms with Gasteiger partial charge in [-0.1, -0.05) is 19.9 Å². The van der Waals surface area contributed by atoms with Gasteiger partial charge in [0.25, 0.3) is 0 Å². The van der Waals surface area contributed by atoms with E-state index in [1.54, 1.807) is 0 Å². The van der Waals surface area contributed by atoms with Crippen LogP contribution in [0.3, 0.4) is 0 Å². The van der Waals surface area contributed by atoms with Crippen LogP contribution in [0, 0.1) is 33.6 Å². The predicted molar refractivity (Wildman–Crippen MR) is 84.8 cm³/mol. The molecule has 19 heavy (non-hydrogen) atoms. The van der Waals surface area contributed by atoms with Gasteiger partial charge in [0.05, 0.1) is 0 Å². The van der Waals surface area contributed by atoms with E-state index in [2.05, 4.69) is 52.9 Å². The van der Waals surface area contributed by atoms with Crippen LogP contribution in [0.4, 0.5) is 0 Å². The van der Waals surface area contributed by atoms with Crippen molar-refractivity contribution in [1.29, 1.82) is 0 Å². The van der Waals surface area contributed by atoms with E-state index in [1.807, 2.05) is 0 Å². The summed E-state index contributed by atoms with van der Waals surface area (Å²) in [5.41, 5.74) is 13.0. The fourth-order valence-corrected chi connectivity index (χ4v) is 2.65. The van der Waals surface area contributed by atoms with Gasteiger partial charge in [-0.3, -0.25) is 0 Å². The molecule has 0 aliphatic carbocycles. The lowest BCUT2D eigenvalue weighted by Gasteiger charge is -2.22. The van der Waals surface area contributed by atoms with Crippen LogP contribution in [0.5, 0.6) is 0 Å². The highest BCUT2D eigenvalue weighted by Crippen LogP contribution is 2.21. The molecule has 1 unspecified atom stereocenters. The van der Waals surface area contributed by atoms with Gasteiger partial charge in [-0.05, 0) is 74.4 Å². The Bertz CT molecular complexity index is 396. The summed E-state index contributed by atoms with van der Waals surface area (Å²) >= 11 is 0. The molecule has 0 fully saturated rings. The molecule has 1 aromatic rings. The predicted octanol–water partition coefficient (Wildman–Crippen LogP) is 3.04. The van der Waals surface area contributed by atoms with E-state index in [4.69, 9.17) is 5.73 Å². The second-order valence-electron chi connectivity index (χ2n) is 6.03. The molecule has 0 aliphatic heterocycles. The van der Waals surface area contributed by atoms with E-state index in [1.165, 1.54) is 27.8 Å². The van der Waals surface area contributed by atoms with E-state index in [-0.39, 0.29) is 0 Å². The number of hydrogen-bond donors (Lipinski definition) is 2. The Morgan fingerprint density at radius 1 is 1.05 bits per heavy atom. The van der Waals surface area contributed by atoms with Crippen LogP contribution in [0.1, 0.15) is 41.7 Å². The SMILES string of the molecule is Cc1cc(C)c(C)c(CCNC(CN)C(C)C)c1C. The van der Waals surface area contributed by atoms with Gasteiger partial charge in [0.1, 0.15) is 0 Å². The van der Waals surface area contributed by atoms with Gasteiger partial charge < -0.3 is 11.1 Å². The van der Waals surface area contributed by atoms with Crippen LogP contribution in [-0.4, -0.2) is 19.1 Å². The molecular formula is C17H30N2. The van der Waals surface area contributed by atoms with E-state index < -0.39 is 0 Å². The summed E-state index contributed by atoms with van der Waals surface area (Å²) in [6.07, 6.45) is 1.09. The second-order valence-corrected chi connectivity index (χ2v) is 6.03. The maximum absolute atomic E-state index is 5.80. The summed E-state index contributed by atoms with van der Waals surface area (Å²) < 4.78 is 0. The molecule has 3 N–H and O–H groups in total. The van der Waals surface area contributed by atoms with Crippen LogP contribution >= 0.6 is 0 Å². The third kappa shape index (κ3) is 4.05. The molecule has 0 amide bonds. The first-order valence-corrected chi connectivity index (χ1v) is 7.38. The molecule has 2 nitrogen and oxygen atoms in total. The molecular weight excluding hydrogens is 232 g/mol. The number of benzene rings is 1. The first-order valence-electron chi connectivity index (χ1n) is 7.38. The van der Waals surface area contributed by atoms with Crippen molar-refractivity contribution in [3.63, 3.8) is 0 Å². The Morgan fingerprint density at radius 3 is 2.00 bits per heavy atom. The van der Waals surface area contributed by atoms with E-state index >= 15 is 0 Å². The van der Waals surface area contributed by atoms with Crippen molar-refractivity contribution >= 4 is 0 Å². The Morgan fingerprint density at radius 2 is 1.58 bits per heavy atom. The first-order chi connectivity index (χ1) is 8.88. The lowest BCUT2D eigenvalue weighted by atomic mass is 9.92. The lowest BCUT2D eigenvalue weighted by Crippen LogP contribution is -2.41. The number of aryl methyl sites for hydroxylation is 2. The van der Waals surface area contributed by atoms with Crippen molar-refractivity contribution in [2.45, 2.75) is 54.0 Å². The molecule has 0 aliphatic rings. The number of nitrogens with two attached hydrogens (primary N) is 1. The summed E-state index contributed by atoms with van der Waals surface area (Å²) in [5.74, 6) is 0.589. The highest BCUT2D eigenvalue weighted by atomic mass is 14.9. The zero-order valence-corrected chi connectivity index (χ0v) is 13.4. The summed E-state index contributed by atoms with van der Waals surface area (Å²) in [4.78, 5) is 0. The normalized spacial score (nSPS) is 13.1. The van der Waals surface area contributed by atoms with E-state index in [0.717, 1.165) is 13.0 Å². The highest BCUT2D eigenvalue weighted by Gasteiger charge is 2.12. The van der Waals surface area contributed by atoms with Gasteiger partial charge in [0, 0.05) is 12.6 Å². The minimum Gasteiger partial charge on any atom is -0.329 e. The van der Waals surface area contributed by atoms with E-state index in [0.29, 0.717) is 18.5 Å². The molecule has 1 rings (SSSR count). The molecule has 0 bridgehead atoms. The zero-order valence-electron chi connectivity index (χ0n) is 13.4. The molecule has 0 saturated heterocycles. The molecule has 108 valence electrons. The fraction of sp³-hybridized carbons (Fsp3) is 0.647. The third-order valence-electron chi connectivity index (χ3n) is 4.36. The monoisotopic (exact) mass is 262 g/mol. The van der Waals surface area contributed by atoms with Crippen molar-refractivity contribution in [3.8, 4) is 0 Å². The average Bonchev–Trinajstić information content (AvgIpc) is 2.35. The molecule has 2 heteroatoms. The van der Waals surface area contributed by atoms with E-state index in [9.17, 15) is 0 Å². The second kappa shape index (κ2) is 7.06. The van der Waals surface area contributed by atoms with Crippen LogP contribution in [0.25, 0.3) is 0 Å². The molecule has 0 saturated carbocycles. The average molecular weight is 262 g/mol. The molecule has 0 radical (unpaired) electrons. The van der Waals surface area contributed by atoms with Crippen LogP contribution in [-0.2, 0) is 6.42 Å². The quantitative estimate of drug-likeness (QED) is 0.827. The van der Waals surface area contributed by atoms with Crippen LogP contribution in [0.15, 0.2) is 6.07 Å². The highest BCUT2D eigenvalue weighted by molar-refractivity contribution is 5.44. The van der Waals surface area contributed by atoms with Crippen molar-refractivity contribution in [3.05, 3.63) is 33.9 Å². The van der Waals surface area contributed by atoms with Crippen molar-refractivity contribution in [1.82, 2.24) is 5.32 Å². The smallest absolute Gasteiger partial charge is 0.0213 e. The van der Waals surface area contributed by atoms with Gasteiger partial charge in [-0.25, -0.2) is 0 Å². The largest absolute Gasteiger partial charge is 0.329 e. The van der Waals surface area contributed by atoms with Gasteiger partial charge in [-0.15, -0.1) is 0 Å². The van der Waals surface area contributed by atoms with Crippen LogP contribution in [0.2, 0.25) is 0 Å². The number of rotatable bonds is 6. The Labute approximate surface area is 118 Å². The van der Waals surface area contributed by atoms with Gasteiger partial charge in [0.2, 0.25) is 0 Å². The molecule has 0 spiro atoms. The lowest BCUT2D eigenvalue weighted by molar-refractivity contribution is 0.408. The van der Waals surface area contributed by atoms with Crippen molar-refractivity contribution in [2.24, 2.45) is 11.7 Å². The minimum atomic E-state index is 0.423. The summed E-state index contributed by atoms with van der Waals surface area (Å²) in [6, 6.07) is 2.71. The molecule has 1 atom stereocenters.